The molecular weight excluding hydrogens is 336 g/mol. The first-order valence-corrected chi connectivity index (χ1v) is 9.67. The van der Waals surface area contributed by atoms with Crippen LogP contribution < -0.4 is 0 Å². The molecule has 1 aromatic rings. The van der Waals surface area contributed by atoms with Crippen LogP contribution in [0.5, 0.6) is 0 Å². The van der Waals surface area contributed by atoms with Gasteiger partial charge in [0, 0.05) is 11.7 Å². The second-order valence-electron chi connectivity index (χ2n) is 4.61. The van der Waals surface area contributed by atoms with E-state index in [1.807, 2.05) is 30.3 Å². The zero-order valence-corrected chi connectivity index (χ0v) is 14.9. The number of aliphatic hydroxyl groups excluding tert-OH is 1. The number of thiocarbonyl (C=S) groups is 1. The average Bonchev–Trinajstić information content (AvgIpc) is 2.55. The largest absolute Gasteiger partial charge is 0.465 e. The van der Waals surface area contributed by atoms with Crippen molar-refractivity contribution in [1.82, 2.24) is 0 Å². The van der Waals surface area contributed by atoms with Crippen molar-refractivity contribution in [3.63, 3.8) is 0 Å². The molecule has 0 aliphatic heterocycles. The highest BCUT2D eigenvalue weighted by atomic mass is 32.2. The Labute approximate surface area is 146 Å². The Morgan fingerprint density at radius 3 is 2.64 bits per heavy atom. The van der Waals surface area contributed by atoms with Crippen LogP contribution in [0, 0.1) is 0 Å². The van der Waals surface area contributed by atoms with Crippen molar-refractivity contribution in [2.75, 3.05) is 18.3 Å². The number of thioether (sulfide) groups is 2. The van der Waals surface area contributed by atoms with Crippen molar-refractivity contribution in [1.29, 1.82) is 0 Å². The van der Waals surface area contributed by atoms with Gasteiger partial charge in [0.1, 0.15) is 5.25 Å². The number of aliphatic hydroxyl groups is 1. The van der Waals surface area contributed by atoms with Gasteiger partial charge in [-0.05, 0) is 24.8 Å². The van der Waals surface area contributed by atoms with E-state index in [-0.39, 0.29) is 17.8 Å². The van der Waals surface area contributed by atoms with Crippen molar-refractivity contribution in [2.45, 2.75) is 30.9 Å². The molecule has 22 heavy (non-hydrogen) atoms. The summed E-state index contributed by atoms with van der Waals surface area (Å²) in [5, 5.41) is 9.06. The van der Waals surface area contributed by atoms with Crippen LogP contribution in [-0.2, 0) is 9.53 Å². The molecule has 1 radical (unpaired) electrons. The average molecular weight is 358 g/mol. The minimum atomic E-state index is -0.325. The molecule has 1 N–H and O–H groups in total. The first kappa shape index (κ1) is 19.5. The lowest BCUT2D eigenvalue weighted by atomic mass is 10.1. The van der Waals surface area contributed by atoms with E-state index in [1.165, 1.54) is 23.5 Å². The molecule has 0 aliphatic rings. The monoisotopic (exact) mass is 357 g/mol. The van der Waals surface area contributed by atoms with Gasteiger partial charge in [0.2, 0.25) is 0 Å². The molecular formula is C16H21O3S3. The molecule has 0 saturated heterocycles. The SMILES string of the molecule is O=C(OCCCCCCO)C(SCS[C]=S)c1ccccc1. The summed E-state index contributed by atoms with van der Waals surface area (Å²) in [4.78, 5) is 12.3. The van der Waals surface area contributed by atoms with Gasteiger partial charge >= 0.3 is 5.97 Å². The summed E-state index contributed by atoms with van der Waals surface area (Å²) in [5.74, 6) is -0.205. The highest BCUT2D eigenvalue weighted by molar-refractivity contribution is 8.28. The van der Waals surface area contributed by atoms with Gasteiger partial charge in [-0.3, -0.25) is 4.79 Å². The standard InChI is InChI=1S/C16H21O3S3/c17-10-6-1-2-7-11-19-16(18)15(22-13-21-12-20)14-8-4-3-5-9-14/h3-5,8-9,15,17H,1-2,6-7,10-11,13H2. The summed E-state index contributed by atoms with van der Waals surface area (Å²) in [6, 6.07) is 9.64. The van der Waals surface area contributed by atoms with Crippen molar-refractivity contribution >= 4 is 46.4 Å². The lowest BCUT2D eigenvalue weighted by Gasteiger charge is -2.15. The molecule has 0 bridgehead atoms. The third kappa shape index (κ3) is 8.17. The van der Waals surface area contributed by atoms with Gasteiger partial charge in [-0.2, -0.15) is 0 Å². The highest BCUT2D eigenvalue weighted by Crippen LogP contribution is 2.32. The quantitative estimate of drug-likeness (QED) is 0.263. The van der Waals surface area contributed by atoms with E-state index in [0.29, 0.717) is 11.7 Å². The Kier molecular flexibility index (Phi) is 11.5. The number of rotatable bonds is 12. The molecule has 6 heteroatoms. The minimum Gasteiger partial charge on any atom is -0.465 e. The number of ether oxygens (including phenoxy) is 1. The molecule has 0 heterocycles. The molecule has 121 valence electrons. The Morgan fingerprint density at radius 2 is 1.95 bits per heavy atom. The smallest absolute Gasteiger partial charge is 0.323 e. The number of carbonyl (C=O) groups excluding carboxylic acids is 1. The summed E-state index contributed by atoms with van der Waals surface area (Å²) in [7, 11) is 0. The molecule has 0 fully saturated rings. The van der Waals surface area contributed by atoms with Crippen molar-refractivity contribution in [3.05, 3.63) is 35.9 Å². The minimum absolute atomic E-state index is 0.205. The Hall–Kier alpha value is -0.560. The van der Waals surface area contributed by atoms with Crippen molar-refractivity contribution < 1.29 is 14.6 Å². The van der Waals surface area contributed by atoms with Crippen molar-refractivity contribution in [2.24, 2.45) is 0 Å². The molecule has 0 aliphatic carbocycles. The third-order valence-electron chi connectivity index (χ3n) is 2.97. The third-order valence-corrected chi connectivity index (χ3v) is 5.25. The van der Waals surface area contributed by atoms with E-state index in [0.717, 1.165) is 31.2 Å². The maximum Gasteiger partial charge on any atom is 0.323 e. The number of hydrogen-bond donors (Lipinski definition) is 1. The number of carbonyl (C=O) groups is 1. The molecule has 1 unspecified atom stereocenters. The first-order valence-electron chi connectivity index (χ1n) is 7.22. The Bertz CT molecular complexity index is 426. The zero-order valence-electron chi connectivity index (χ0n) is 12.4. The van der Waals surface area contributed by atoms with E-state index in [9.17, 15) is 4.79 Å². The van der Waals surface area contributed by atoms with Gasteiger partial charge in [-0.1, -0.05) is 49.0 Å². The van der Waals surface area contributed by atoms with Crippen LogP contribution in [0.4, 0.5) is 0 Å². The number of benzene rings is 1. The summed E-state index contributed by atoms with van der Waals surface area (Å²) < 4.78 is 7.98. The normalized spacial score (nSPS) is 11.9. The molecule has 0 saturated carbocycles. The fourth-order valence-electron chi connectivity index (χ4n) is 1.87. The van der Waals surface area contributed by atoms with Gasteiger partial charge in [-0.25, -0.2) is 0 Å². The van der Waals surface area contributed by atoms with E-state index >= 15 is 0 Å². The summed E-state index contributed by atoms with van der Waals surface area (Å²) in [6.07, 6.45) is 3.57. The van der Waals surface area contributed by atoms with E-state index in [4.69, 9.17) is 9.84 Å². The van der Waals surface area contributed by atoms with Crippen molar-refractivity contribution in [3.8, 4) is 0 Å². The summed E-state index contributed by atoms with van der Waals surface area (Å²) in [5.41, 5.74) is 0.947. The Balaban J connectivity index is 2.44. The number of esters is 1. The van der Waals surface area contributed by atoms with Gasteiger partial charge in [-0.15, -0.1) is 23.5 Å². The second kappa shape index (κ2) is 12.9. The first-order chi connectivity index (χ1) is 10.8. The van der Waals surface area contributed by atoms with Gasteiger partial charge < -0.3 is 9.84 Å². The molecule has 3 nitrogen and oxygen atoms in total. The molecule has 0 aromatic heterocycles. The van der Waals surface area contributed by atoms with E-state index in [1.54, 1.807) is 0 Å². The maximum absolute atomic E-state index is 12.3. The van der Waals surface area contributed by atoms with Gasteiger partial charge in [0.05, 0.1) is 11.3 Å². The fourth-order valence-corrected chi connectivity index (χ4v) is 3.87. The van der Waals surface area contributed by atoms with Crippen LogP contribution in [0.15, 0.2) is 30.3 Å². The van der Waals surface area contributed by atoms with Crippen LogP contribution in [0.25, 0.3) is 0 Å². The van der Waals surface area contributed by atoms with Crippen LogP contribution in [0.3, 0.4) is 0 Å². The van der Waals surface area contributed by atoms with E-state index in [2.05, 4.69) is 16.9 Å². The molecule has 0 spiro atoms. The lowest BCUT2D eigenvalue weighted by Crippen LogP contribution is -2.14. The molecule has 1 rings (SSSR count). The number of hydrogen-bond acceptors (Lipinski definition) is 6. The zero-order chi connectivity index (χ0) is 16.0. The van der Waals surface area contributed by atoms with Crippen LogP contribution in [0.1, 0.15) is 36.5 Å². The van der Waals surface area contributed by atoms with Crippen LogP contribution in [0.2, 0.25) is 0 Å². The predicted octanol–water partition coefficient (Wildman–Crippen LogP) is 4.08. The molecule has 1 aromatic carbocycles. The second-order valence-corrected chi connectivity index (χ2v) is 7.31. The summed E-state index contributed by atoms with van der Waals surface area (Å²) >= 11 is 7.56. The topological polar surface area (TPSA) is 46.5 Å². The molecule has 0 amide bonds. The van der Waals surface area contributed by atoms with Crippen LogP contribution >= 0.6 is 35.7 Å². The predicted molar refractivity (Wildman–Crippen MR) is 98.3 cm³/mol. The summed E-state index contributed by atoms with van der Waals surface area (Å²) in [6.45, 7) is 0.654. The van der Waals surface area contributed by atoms with Crippen LogP contribution in [-0.4, -0.2) is 34.1 Å². The fraction of sp³-hybridized carbons (Fsp3) is 0.500. The lowest BCUT2D eigenvalue weighted by molar-refractivity contribution is -0.143. The number of unbranched alkanes of at least 4 members (excludes halogenated alkanes) is 3. The Morgan fingerprint density at radius 1 is 1.23 bits per heavy atom. The van der Waals surface area contributed by atoms with Gasteiger partial charge in [0.25, 0.3) is 0 Å². The maximum atomic E-state index is 12.3. The highest BCUT2D eigenvalue weighted by Gasteiger charge is 2.22. The van der Waals surface area contributed by atoms with E-state index < -0.39 is 0 Å². The van der Waals surface area contributed by atoms with Gasteiger partial charge in [0.15, 0.2) is 0 Å². The molecule has 1 atom stereocenters.